The van der Waals surface area contributed by atoms with Crippen molar-refractivity contribution in [2.75, 3.05) is 6.54 Å². The molecule has 0 saturated carbocycles. The molecule has 0 spiro atoms. The smallest absolute Gasteiger partial charge is 0.286 e. The fourth-order valence-corrected chi connectivity index (χ4v) is 2.63. The molecule has 4 heteroatoms. The molecule has 1 amide bonds. The fraction of sp³-hybridized carbons (Fsp3) is 0.188. The maximum Gasteiger partial charge on any atom is 0.286 e. The fourth-order valence-electron chi connectivity index (χ4n) is 2.63. The SMILES string of the molecule is O=CC(=O)N1CCc2c(cccc2-c2ccccn2)C1. The molecule has 100 valence electrons. The zero-order valence-corrected chi connectivity index (χ0v) is 11.0. The quantitative estimate of drug-likeness (QED) is 0.615. The third kappa shape index (κ3) is 2.20. The molecular weight excluding hydrogens is 252 g/mol. The number of hydrogen-bond acceptors (Lipinski definition) is 3. The summed E-state index contributed by atoms with van der Waals surface area (Å²) in [7, 11) is 0. The van der Waals surface area contributed by atoms with E-state index in [1.165, 1.54) is 5.56 Å². The summed E-state index contributed by atoms with van der Waals surface area (Å²) < 4.78 is 0. The van der Waals surface area contributed by atoms with Crippen molar-refractivity contribution in [3.05, 3.63) is 53.7 Å². The zero-order chi connectivity index (χ0) is 13.9. The van der Waals surface area contributed by atoms with Crippen molar-refractivity contribution in [1.29, 1.82) is 0 Å². The Balaban J connectivity index is 1.99. The van der Waals surface area contributed by atoms with Gasteiger partial charge in [0.1, 0.15) is 0 Å². The van der Waals surface area contributed by atoms with Crippen LogP contribution < -0.4 is 0 Å². The van der Waals surface area contributed by atoms with Crippen molar-refractivity contribution >= 4 is 12.2 Å². The van der Waals surface area contributed by atoms with Gasteiger partial charge >= 0.3 is 0 Å². The van der Waals surface area contributed by atoms with E-state index in [1.54, 1.807) is 11.1 Å². The standard InChI is InChI=1S/C16H14N2O2/c19-11-16(20)18-9-7-13-12(10-18)4-3-5-14(13)15-6-1-2-8-17-15/h1-6,8,11H,7,9-10H2. The number of fused-ring (bicyclic) bond motifs is 1. The van der Waals surface area contributed by atoms with E-state index in [0.717, 1.165) is 23.2 Å². The lowest BCUT2D eigenvalue weighted by atomic mass is 9.92. The Bertz CT molecular complexity index is 653. The highest BCUT2D eigenvalue weighted by atomic mass is 16.2. The van der Waals surface area contributed by atoms with Gasteiger partial charge < -0.3 is 4.90 Å². The maximum atomic E-state index is 11.5. The largest absolute Gasteiger partial charge is 0.332 e. The van der Waals surface area contributed by atoms with Gasteiger partial charge in [0.15, 0.2) is 0 Å². The number of carbonyl (C=O) groups is 2. The minimum absolute atomic E-state index is 0.383. The van der Waals surface area contributed by atoms with E-state index >= 15 is 0 Å². The Kier molecular flexibility index (Phi) is 3.29. The van der Waals surface area contributed by atoms with Crippen molar-refractivity contribution in [3.63, 3.8) is 0 Å². The number of nitrogens with zero attached hydrogens (tertiary/aromatic N) is 2. The molecule has 0 radical (unpaired) electrons. The van der Waals surface area contributed by atoms with Crippen LogP contribution in [0.15, 0.2) is 42.6 Å². The van der Waals surface area contributed by atoms with Gasteiger partial charge in [-0.3, -0.25) is 14.6 Å². The van der Waals surface area contributed by atoms with E-state index in [9.17, 15) is 9.59 Å². The number of pyridine rings is 1. The number of rotatable bonds is 2. The van der Waals surface area contributed by atoms with Gasteiger partial charge in [0.05, 0.1) is 5.69 Å². The van der Waals surface area contributed by atoms with Crippen LogP contribution in [0, 0.1) is 0 Å². The molecule has 0 atom stereocenters. The van der Waals surface area contributed by atoms with Gasteiger partial charge in [0, 0.05) is 24.8 Å². The van der Waals surface area contributed by atoms with Crippen LogP contribution in [0.4, 0.5) is 0 Å². The molecule has 1 aromatic heterocycles. The lowest BCUT2D eigenvalue weighted by Gasteiger charge is -2.28. The summed E-state index contributed by atoms with van der Waals surface area (Å²) in [6, 6.07) is 11.9. The van der Waals surface area contributed by atoms with Crippen LogP contribution in [0.3, 0.4) is 0 Å². The first-order chi connectivity index (χ1) is 9.79. The monoisotopic (exact) mass is 266 g/mol. The third-order valence-corrected chi connectivity index (χ3v) is 3.62. The van der Waals surface area contributed by atoms with E-state index in [1.807, 2.05) is 30.3 Å². The number of aldehydes is 1. The van der Waals surface area contributed by atoms with Crippen LogP contribution in [-0.4, -0.2) is 28.6 Å². The summed E-state index contributed by atoms with van der Waals surface area (Å²) in [6.45, 7) is 1.07. The maximum absolute atomic E-state index is 11.5. The lowest BCUT2D eigenvalue weighted by Crippen LogP contribution is -2.36. The predicted molar refractivity (Wildman–Crippen MR) is 74.9 cm³/mol. The first-order valence-corrected chi connectivity index (χ1v) is 6.56. The summed E-state index contributed by atoms with van der Waals surface area (Å²) in [5, 5.41) is 0. The molecule has 2 aromatic rings. The van der Waals surface area contributed by atoms with Gasteiger partial charge in [-0.1, -0.05) is 24.3 Å². The first-order valence-electron chi connectivity index (χ1n) is 6.56. The van der Waals surface area contributed by atoms with Gasteiger partial charge in [-0.25, -0.2) is 0 Å². The van der Waals surface area contributed by atoms with Crippen molar-refractivity contribution < 1.29 is 9.59 Å². The molecule has 1 aromatic carbocycles. The molecule has 0 bridgehead atoms. The molecule has 0 unspecified atom stereocenters. The molecule has 20 heavy (non-hydrogen) atoms. The second kappa shape index (κ2) is 5.25. The molecule has 2 heterocycles. The Labute approximate surface area is 117 Å². The molecular formula is C16H14N2O2. The highest BCUT2D eigenvalue weighted by Crippen LogP contribution is 2.28. The van der Waals surface area contributed by atoms with Gasteiger partial charge in [0.25, 0.3) is 5.91 Å². The second-order valence-corrected chi connectivity index (χ2v) is 4.79. The molecule has 1 aliphatic heterocycles. The third-order valence-electron chi connectivity index (χ3n) is 3.62. The number of carbonyl (C=O) groups excluding carboxylic acids is 2. The van der Waals surface area contributed by atoms with Gasteiger partial charge in [-0.2, -0.15) is 0 Å². The highest BCUT2D eigenvalue weighted by molar-refractivity contribution is 6.23. The normalized spacial score (nSPS) is 13.7. The lowest BCUT2D eigenvalue weighted by molar-refractivity contribution is -0.139. The number of hydrogen-bond donors (Lipinski definition) is 0. The van der Waals surface area contributed by atoms with Crippen LogP contribution in [-0.2, 0) is 22.6 Å². The van der Waals surface area contributed by atoms with E-state index in [0.29, 0.717) is 19.4 Å². The Morgan fingerprint density at radius 1 is 1.20 bits per heavy atom. The average molecular weight is 266 g/mol. The Hall–Kier alpha value is -2.49. The Morgan fingerprint density at radius 3 is 2.85 bits per heavy atom. The van der Waals surface area contributed by atoms with E-state index in [4.69, 9.17) is 0 Å². The topological polar surface area (TPSA) is 50.3 Å². The highest BCUT2D eigenvalue weighted by Gasteiger charge is 2.22. The second-order valence-electron chi connectivity index (χ2n) is 4.79. The summed E-state index contributed by atoms with van der Waals surface area (Å²) in [6.07, 6.45) is 2.91. The summed E-state index contributed by atoms with van der Waals surface area (Å²) in [5.41, 5.74) is 4.37. The van der Waals surface area contributed by atoms with Crippen molar-refractivity contribution in [2.24, 2.45) is 0 Å². The van der Waals surface area contributed by atoms with Crippen LogP contribution >= 0.6 is 0 Å². The molecule has 3 rings (SSSR count). The number of benzene rings is 1. The van der Waals surface area contributed by atoms with Gasteiger partial charge in [0.2, 0.25) is 6.29 Å². The molecule has 0 N–H and O–H groups in total. The van der Waals surface area contributed by atoms with Gasteiger partial charge in [-0.05, 0) is 29.7 Å². The van der Waals surface area contributed by atoms with Crippen LogP contribution in [0.25, 0.3) is 11.3 Å². The summed E-state index contributed by atoms with van der Waals surface area (Å²) in [4.78, 5) is 28.1. The van der Waals surface area contributed by atoms with E-state index < -0.39 is 5.91 Å². The molecule has 0 saturated heterocycles. The Morgan fingerprint density at radius 2 is 2.10 bits per heavy atom. The van der Waals surface area contributed by atoms with Crippen molar-refractivity contribution in [3.8, 4) is 11.3 Å². The summed E-state index contributed by atoms with van der Waals surface area (Å²) >= 11 is 0. The van der Waals surface area contributed by atoms with Crippen LogP contribution in [0.2, 0.25) is 0 Å². The van der Waals surface area contributed by atoms with Crippen molar-refractivity contribution in [2.45, 2.75) is 13.0 Å². The van der Waals surface area contributed by atoms with E-state index in [-0.39, 0.29) is 0 Å². The first kappa shape index (κ1) is 12.5. The minimum atomic E-state index is -0.445. The van der Waals surface area contributed by atoms with E-state index in [2.05, 4.69) is 11.1 Å². The average Bonchev–Trinajstić information content (AvgIpc) is 2.53. The predicted octanol–water partition coefficient (Wildman–Crippen LogP) is 1.83. The summed E-state index contributed by atoms with van der Waals surface area (Å²) in [5.74, 6) is -0.445. The minimum Gasteiger partial charge on any atom is -0.332 e. The molecule has 1 aliphatic rings. The molecule has 4 nitrogen and oxygen atoms in total. The number of aromatic nitrogens is 1. The zero-order valence-electron chi connectivity index (χ0n) is 11.0. The molecule has 0 aliphatic carbocycles. The van der Waals surface area contributed by atoms with Gasteiger partial charge in [-0.15, -0.1) is 0 Å². The number of amides is 1. The van der Waals surface area contributed by atoms with Crippen LogP contribution in [0.5, 0.6) is 0 Å². The van der Waals surface area contributed by atoms with Crippen LogP contribution in [0.1, 0.15) is 11.1 Å². The van der Waals surface area contributed by atoms with Crippen molar-refractivity contribution in [1.82, 2.24) is 9.88 Å². The molecule has 0 fully saturated rings.